The molecule has 0 aromatic carbocycles. The highest BCUT2D eigenvalue weighted by atomic mass is 32.1. The molecular formula is C15H13N3OS. The highest BCUT2D eigenvalue weighted by molar-refractivity contribution is 7.07. The molecule has 20 heavy (non-hydrogen) atoms. The minimum atomic E-state index is -0.0526. The van der Waals surface area contributed by atoms with Crippen LogP contribution in [0.5, 0.6) is 0 Å². The molecule has 4 nitrogen and oxygen atoms in total. The van der Waals surface area contributed by atoms with E-state index in [2.05, 4.69) is 10.4 Å². The number of carbonyl (C=O) groups is 1. The van der Waals surface area contributed by atoms with Crippen LogP contribution in [0.15, 0.2) is 35.2 Å². The second-order valence-corrected chi connectivity index (χ2v) is 5.62. The summed E-state index contributed by atoms with van der Waals surface area (Å²) in [7, 11) is 0. The van der Waals surface area contributed by atoms with E-state index < -0.39 is 0 Å². The SMILES string of the molecule is N#Cc1ccc(C(=O)N(Cc2ccsc2)C2CC2)nc1. The predicted molar refractivity (Wildman–Crippen MR) is 76.2 cm³/mol. The van der Waals surface area contributed by atoms with Crippen LogP contribution in [-0.4, -0.2) is 21.8 Å². The van der Waals surface area contributed by atoms with Crippen LogP contribution in [0.1, 0.15) is 34.5 Å². The van der Waals surface area contributed by atoms with Crippen molar-refractivity contribution in [2.75, 3.05) is 0 Å². The third-order valence-corrected chi connectivity index (χ3v) is 4.03. The van der Waals surface area contributed by atoms with E-state index in [9.17, 15) is 4.79 Å². The molecule has 1 saturated carbocycles. The lowest BCUT2D eigenvalue weighted by Gasteiger charge is -2.21. The second kappa shape index (κ2) is 5.43. The molecule has 0 saturated heterocycles. The summed E-state index contributed by atoms with van der Waals surface area (Å²) in [4.78, 5) is 18.5. The highest BCUT2D eigenvalue weighted by Crippen LogP contribution is 2.29. The Morgan fingerprint density at radius 3 is 2.85 bits per heavy atom. The average Bonchev–Trinajstić information content (AvgIpc) is 3.21. The third kappa shape index (κ3) is 2.70. The molecule has 2 aromatic rings. The lowest BCUT2D eigenvalue weighted by atomic mass is 10.2. The number of aromatic nitrogens is 1. The van der Waals surface area contributed by atoms with Gasteiger partial charge in [-0.15, -0.1) is 0 Å². The first-order valence-electron chi connectivity index (χ1n) is 6.46. The minimum Gasteiger partial charge on any atom is -0.330 e. The average molecular weight is 283 g/mol. The van der Waals surface area contributed by atoms with Crippen LogP contribution in [0, 0.1) is 11.3 Å². The topological polar surface area (TPSA) is 57.0 Å². The van der Waals surface area contributed by atoms with Gasteiger partial charge in [-0.25, -0.2) is 4.98 Å². The summed E-state index contributed by atoms with van der Waals surface area (Å²) in [6, 6.07) is 7.65. The van der Waals surface area contributed by atoms with Gasteiger partial charge in [-0.05, 0) is 47.4 Å². The highest BCUT2D eigenvalue weighted by Gasteiger charge is 2.33. The van der Waals surface area contributed by atoms with Crippen molar-refractivity contribution in [3.8, 4) is 6.07 Å². The molecule has 100 valence electrons. The lowest BCUT2D eigenvalue weighted by molar-refractivity contribution is 0.0724. The van der Waals surface area contributed by atoms with Crippen LogP contribution in [-0.2, 0) is 6.54 Å². The third-order valence-electron chi connectivity index (χ3n) is 3.29. The van der Waals surface area contributed by atoms with Gasteiger partial charge in [0, 0.05) is 18.8 Å². The number of pyridine rings is 1. The maximum atomic E-state index is 12.5. The van der Waals surface area contributed by atoms with Crippen LogP contribution in [0.2, 0.25) is 0 Å². The molecule has 2 heterocycles. The molecule has 3 rings (SSSR count). The molecule has 0 N–H and O–H groups in total. The van der Waals surface area contributed by atoms with Gasteiger partial charge < -0.3 is 4.90 Å². The second-order valence-electron chi connectivity index (χ2n) is 4.84. The van der Waals surface area contributed by atoms with E-state index in [1.54, 1.807) is 23.5 Å². The monoisotopic (exact) mass is 283 g/mol. The molecule has 1 amide bonds. The molecule has 0 unspecified atom stereocenters. The minimum absolute atomic E-state index is 0.0526. The van der Waals surface area contributed by atoms with Gasteiger partial charge in [0.25, 0.3) is 5.91 Å². The van der Waals surface area contributed by atoms with Crippen LogP contribution >= 0.6 is 11.3 Å². The fourth-order valence-electron chi connectivity index (χ4n) is 2.07. The molecule has 0 spiro atoms. The van der Waals surface area contributed by atoms with Crippen molar-refractivity contribution in [2.24, 2.45) is 0 Å². The van der Waals surface area contributed by atoms with Crippen LogP contribution < -0.4 is 0 Å². The maximum absolute atomic E-state index is 12.5. The number of amides is 1. The molecular weight excluding hydrogens is 270 g/mol. The van der Waals surface area contributed by atoms with Gasteiger partial charge >= 0.3 is 0 Å². The Kier molecular flexibility index (Phi) is 3.48. The summed E-state index contributed by atoms with van der Waals surface area (Å²) in [5, 5.41) is 12.8. The summed E-state index contributed by atoms with van der Waals surface area (Å²) < 4.78 is 0. The van der Waals surface area contributed by atoms with E-state index in [-0.39, 0.29) is 5.91 Å². The molecule has 0 bridgehead atoms. The maximum Gasteiger partial charge on any atom is 0.272 e. The Morgan fingerprint density at radius 2 is 2.30 bits per heavy atom. The van der Waals surface area contributed by atoms with Crippen LogP contribution in [0.25, 0.3) is 0 Å². The number of rotatable bonds is 4. The number of nitriles is 1. The summed E-state index contributed by atoms with van der Waals surface area (Å²) in [6.45, 7) is 0.634. The van der Waals surface area contributed by atoms with Crippen molar-refractivity contribution in [2.45, 2.75) is 25.4 Å². The van der Waals surface area contributed by atoms with Gasteiger partial charge in [-0.2, -0.15) is 16.6 Å². The normalized spacial score (nSPS) is 13.8. The summed E-state index contributed by atoms with van der Waals surface area (Å²) in [5.74, 6) is -0.0526. The molecule has 0 radical (unpaired) electrons. The van der Waals surface area contributed by atoms with Crippen LogP contribution in [0.3, 0.4) is 0 Å². The van der Waals surface area contributed by atoms with Gasteiger partial charge in [0.15, 0.2) is 0 Å². The van der Waals surface area contributed by atoms with Crippen LogP contribution in [0.4, 0.5) is 0 Å². The largest absolute Gasteiger partial charge is 0.330 e. The van der Waals surface area contributed by atoms with Gasteiger partial charge in [-0.3, -0.25) is 4.79 Å². The number of thiophene rings is 1. The quantitative estimate of drug-likeness (QED) is 0.867. The van der Waals surface area contributed by atoms with Gasteiger partial charge in [0.2, 0.25) is 0 Å². The van der Waals surface area contributed by atoms with E-state index in [1.165, 1.54) is 6.20 Å². The van der Waals surface area contributed by atoms with Crippen molar-refractivity contribution >= 4 is 17.2 Å². The van der Waals surface area contributed by atoms with Crippen molar-refractivity contribution in [3.63, 3.8) is 0 Å². The molecule has 1 fully saturated rings. The van der Waals surface area contributed by atoms with E-state index in [0.29, 0.717) is 23.8 Å². The molecule has 2 aromatic heterocycles. The van der Waals surface area contributed by atoms with Gasteiger partial charge in [0.1, 0.15) is 11.8 Å². The van der Waals surface area contributed by atoms with Gasteiger partial charge in [-0.1, -0.05) is 0 Å². The zero-order valence-electron chi connectivity index (χ0n) is 10.8. The van der Waals surface area contributed by atoms with Crippen molar-refractivity contribution in [1.29, 1.82) is 5.26 Å². The van der Waals surface area contributed by atoms with Crippen molar-refractivity contribution in [3.05, 3.63) is 52.0 Å². The fourth-order valence-corrected chi connectivity index (χ4v) is 2.73. The zero-order valence-corrected chi connectivity index (χ0v) is 11.6. The first-order chi connectivity index (χ1) is 9.78. The van der Waals surface area contributed by atoms with E-state index in [0.717, 1.165) is 18.4 Å². The van der Waals surface area contributed by atoms with Gasteiger partial charge in [0.05, 0.1) is 5.56 Å². The number of hydrogen-bond acceptors (Lipinski definition) is 4. The van der Waals surface area contributed by atoms with Crippen molar-refractivity contribution in [1.82, 2.24) is 9.88 Å². The summed E-state index contributed by atoms with van der Waals surface area (Å²) in [6.07, 6.45) is 3.57. The Morgan fingerprint density at radius 1 is 1.45 bits per heavy atom. The Bertz CT molecular complexity index is 639. The van der Waals surface area contributed by atoms with E-state index >= 15 is 0 Å². The molecule has 0 aliphatic heterocycles. The lowest BCUT2D eigenvalue weighted by Crippen LogP contribution is -2.33. The molecule has 1 aliphatic rings. The van der Waals surface area contributed by atoms with Crippen molar-refractivity contribution < 1.29 is 4.79 Å². The number of carbonyl (C=O) groups excluding carboxylic acids is 1. The first kappa shape index (κ1) is 12.8. The number of nitrogens with zero attached hydrogens (tertiary/aromatic N) is 3. The summed E-state index contributed by atoms with van der Waals surface area (Å²) >= 11 is 1.64. The molecule has 5 heteroatoms. The van der Waals surface area contributed by atoms with E-state index in [1.807, 2.05) is 22.4 Å². The Hall–Kier alpha value is -2.19. The Labute approximate surface area is 121 Å². The fraction of sp³-hybridized carbons (Fsp3) is 0.267. The zero-order chi connectivity index (χ0) is 13.9. The number of hydrogen-bond donors (Lipinski definition) is 0. The summed E-state index contributed by atoms with van der Waals surface area (Å²) in [5.41, 5.74) is 2.03. The first-order valence-corrected chi connectivity index (χ1v) is 7.40. The van der Waals surface area contributed by atoms with E-state index in [4.69, 9.17) is 5.26 Å². The molecule has 0 atom stereocenters. The molecule has 1 aliphatic carbocycles. The Balaban J connectivity index is 1.79. The standard InChI is InChI=1S/C15H13N3OS/c16-7-11-1-4-14(17-8-11)15(19)18(13-2-3-13)9-12-5-6-20-10-12/h1,4-6,8,10,13H,2-3,9H2. The smallest absolute Gasteiger partial charge is 0.272 e. The predicted octanol–water partition coefficient (Wildman–Crippen LogP) is 2.82.